The van der Waals surface area contributed by atoms with Gasteiger partial charge in [-0.25, -0.2) is 0 Å². The van der Waals surface area contributed by atoms with Crippen LogP contribution in [0.2, 0.25) is 0 Å². The van der Waals surface area contributed by atoms with E-state index in [1.807, 2.05) is 0 Å². The van der Waals surface area contributed by atoms with E-state index in [2.05, 4.69) is 10.6 Å². The number of likely N-dealkylation sites (N-methyl/N-ethyl adjacent to an activating group) is 1. The molecule has 0 aliphatic carbocycles. The van der Waals surface area contributed by atoms with Gasteiger partial charge in [-0.15, -0.1) is 0 Å². The zero-order valence-corrected chi connectivity index (χ0v) is 11.5. The highest BCUT2D eigenvalue weighted by Gasteiger charge is 2.21. The van der Waals surface area contributed by atoms with Crippen LogP contribution in [0.1, 0.15) is 30.1 Å². The summed E-state index contributed by atoms with van der Waals surface area (Å²) in [5.74, 6) is -1.43. The Hall–Kier alpha value is -2.21. The fraction of sp³-hybridized carbons (Fsp3) is 0.357. The van der Waals surface area contributed by atoms with Gasteiger partial charge in [0.1, 0.15) is 0 Å². The Morgan fingerprint density at radius 3 is 2.25 bits per heavy atom. The van der Waals surface area contributed by atoms with E-state index in [-0.39, 0.29) is 18.1 Å². The molecule has 20 heavy (non-hydrogen) atoms. The summed E-state index contributed by atoms with van der Waals surface area (Å²) in [4.78, 5) is 34.0. The largest absolute Gasteiger partial charge is 0.481 e. The van der Waals surface area contributed by atoms with Gasteiger partial charge in [0.2, 0.25) is 5.91 Å². The second-order valence-electron chi connectivity index (χ2n) is 4.28. The molecule has 1 aromatic carbocycles. The Balaban J connectivity index is 2.78. The molecule has 0 aliphatic rings. The lowest BCUT2D eigenvalue weighted by molar-refractivity contribution is -0.137. The molecule has 0 saturated heterocycles. The third-order valence-electron chi connectivity index (χ3n) is 2.82. The summed E-state index contributed by atoms with van der Waals surface area (Å²) in [6.45, 7) is 1.75. The zero-order valence-electron chi connectivity index (χ0n) is 11.5. The number of amides is 1. The molecule has 0 saturated carbocycles. The molecule has 3 N–H and O–H groups in total. The summed E-state index contributed by atoms with van der Waals surface area (Å²) in [5, 5.41) is 14.1. The molecule has 0 fully saturated rings. The number of Topliss-reactive ketones (excluding diaryl/α,β-unsaturated/α-hetero) is 1. The first kappa shape index (κ1) is 15.8. The van der Waals surface area contributed by atoms with Gasteiger partial charge in [0, 0.05) is 17.7 Å². The van der Waals surface area contributed by atoms with Crippen LogP contribution in [-0.4, -0.2) is 35.9 Å². The second-order valence-corrected chi connectivity index (χ2v) is 4.28. The minimum Gasteiger partial charge on any atom is -0.481 e. The maximum absolute atomic E-state index is 12.1. The lowest BCUT2D eigenvalue weighted by atomic mass is 10.0. The van der Waals surface area contributed by atoms with Crippen molar-refractivity contribution in [1.82, 2.24) is 5.32 Å². The molecule has 0 aliphatic heterocycles. The summed E-state index contributed by atoms with van der Waals surface area (Å²) in [5.41, 5.74) is 1.01. The number of anilines is 1. The lowest BCUT2D eigenvalue weighted by Crippen LogP contribution is -2.36. The van der Waals surface area contributed by atoms with E-state index in [0.717, 1.165) is 0 Å². The summed E-state index contributed by atoms with van der Waals surface area (Å²) in [6, 6.07) is 5.62. The highest BCUT2D eigenvalue weighted by atomic mass is 16.4. The zero-order chi connectivity index (χ0) is 15.1. The monoisotopic (exact) mass is 278 g/mol. The number of nitrogens with one attached hydrogen (secondary N) is 2. The number of carbonyl (C=O) groups excluding carboxylic acids is 2. The van der Waals surface area contributed by atoms with Crippen molar-refractivity contribution in [1.29, 1.82) is 0 Å². The van der Waals surface area contributed by atoms with Crippen molar-refractivity contribution >= 4 is 23.3 Å². The molecule has 0 spiro atoms. The van der Waals surface area contributed by atoms with Crippen molar-refractivity contribution < 1.29 is 19.5 Å². The Labute approximate surface area is 117 Å². The Kier molecular flexibility index (Phi) is 5.86. The predicted octanol–water partition coefficient (Wildman–Crippen LogP) is 1.28. The minimum absolute atomic E-state index is 0.108. The van der Waals surface area contributed by atoms with Crippen LogP contribution in [0.15, 0.2) is 24.3 Å². The molecule has 1 amide bonds. The first-order chi connectivity index (χ1) is 9.47. The second kappa shape index (κ2) is 7.40. The molecular weight excluding hydrogens is 260 g/mol. The third-order valence-corrected chi connectivity index (χ3v) is 2.82. The molecule has 1 aromatic rings. The topological polar surface area (TPSA) is 95.5 Å². The molecule has 0 heterocycles. The number of ketones is 1. The van der Waals surface area contributed by atoms with E-state index in [1.54, 1.807) is 38.2 Å². The molecule has 0 bridgehead atoms. The van der Waals surface area contributed by atoms with Gasteiger partial charge in [-0.3, -0.25) is 14.4 Å². The number of carbonyl (C=O) groups is 3. The molecule has 108 valence electrons. The lowest BCUT2D eigenvalue weighted by Gasteiger charge is -2.13. The quantitative estimate of drug-likeness (QED) is 0.653. The molecule has 6 nitrogen and oxygen atoms in total. The smallest absolute Gasteiger partial charge is 0.305 e. The van der Waals surface area contributed by atoms with Gasteiger partial charge >= 0.3 is 5.97 Å². The van der Waals surface area contributed by atoms with Crippen LogP contribution < -0.4 is 10.6 Å². The van der Waals surface area contributed by atoms with E-state index in [1.165, 1.54) is 0 Å². The van der Waals surface area contributed by atoms with Crippen molar-refractivity contribution in [3.8, 4) is 0 Å². The maximum Gasteiger partial charge on any atom is 0.305 e. The number of hydrogen-bond donors (Lipinski definition) is 3. The van der Waals surface area contributed by atoms with Gasteiger partial charge in [-0.2, -0.15) is 0 Å². The van der Waals surface area contributed by atoms with Crippen molar-refractivity contribution in [3.05, 3.63) is 29.8 Å². The normalized spacial score (nSPS) is 11.7. The number of rotatable bonds is 7. The number of hydrogen-bond acceptors (Lipinski definition) is 4. The maximum atomic E-state index is 12.1. The van der Waals surface area contributed by atoms with Crippen LogP contribution in [-0.2, 0) is 9.59 Å². The molecule has 0 aromatic heterocycles. The van der Waals surface area contributed by atoms with Crippen LogP contribution in [0, 0.1) is 0 Å². The molecule has 1 atom stereocenters. The number of carboxylic acid groups (broad SMARTS) is 1. The summed E-state index contributed by atoms with van der Waals surface area (Å²) >= 11 is 0. The standard InChI is InChI=1S/C14H18N2O4/c1-3-12(17)16-10-6-4-9(5-7-10)14(20)11(15-2)8-13(18)19/h4-7,11,15H,3,8H2,1-2H3,(H,16,17)(H,18,19). The highest BCUT2D eigenvalue weighted by molar-refractivity contribution is 6.02. The van der Waals surface area contributed by atoms with Crippen molar-refractivity contribution in [3.63, 3.8) is 0 Å². The van der Waals surface area contributed by atoms with Crippen LogP contribution in [0.25, 0.3) is 0 Å². The van der Waals surface area contributed by atoms with E-state index in [4.69, 9.17) is 5.11 Å². The van der Waals surface area contributed by atoms with Crippen LogP contribution in [0.3, 0.4) is 0 Å². The first-order valence-corrected chi connectivity index (χ1v) is 6.31. The molecular formula is C14H18N2O4. The van der Waals surface area contributed by atoms with Gasteiger partial charge in [-0.1, -0.05) is 6.92 Å². The molecule has 1 unspecified atom stereocenters. The summed E-state index contributed by atoms with van der Waals surface area (Å²) < 4.78 is 0. The van der Waals surface area contributed by atoms with Crippen LogP contribution >= 0.6 is 0 Å². The predicted molar refractivity (Wildman–Crippen MR) is 74.8 cm³/mol. The Bertz CT molecular complexity index is 496. The number of carboxylic acids is 1. The van der Waals surface area contributed by atoms with E-state index < -0.39 is 12.0 Å². The molecule has 1 rings (SSSR count). The SMILES string of the molecule is CCC(=O)Nc1ccc(C(=O)C(CC(=O)O)NC)cc1. The van der Waals surface area contributed by atoms with Gasteiger partial charge < -0.3 is 15.7 Å². The fourth-order valence-corrected chi connectivity index (χ4v) is 1.67. The fourth-order valence-electron chi connectivity index (χ4n) is 1.67. The van der Waals surface area contributed by atoms with Gasteiger partial charge in [0.25, 0.3) is 0 Å². The van der Waals surface area contributed by atoms with Gasteiger partial charge in [0.15, 0.2) is 5.78 Å². The summed E-state index contributed by atoms with van der Waals surface area (Å²) in [6.07, 6.45) is 0.102. The summed E-state index contributed by atoms with van der Waals surface area (Å²) in [7, 11) is 1.54. The van der Waals surface area contributed by atoms with Crippen LogP contribution in [0.5, 0.6) is 0 Å². The van der Waals surface area contributed by atoms with E-state index in [0.29, 0.717) is 17.7 Å². The van der Waals surface area contributed by atoms with Crippen LogP contribution in [0.4, 0.5) is 5.69 Å². The Morgan fingerprint density at radius 1 is 1.20 bits per heavy atom. The molecule has 6 heteroatoms. The average molecular weight is 278 g/mol. The van der Waals surface area contributed by atoms with E-state index >= 15 is 0 Å². The number of aliphatic carboxylic acids is 1. The average Bonchev–Trinajstić information content (AvgIpc) is 2.44. The number of benzene rings is 1. The van der Waals surface area contributed by atoms with Crippen molar-refractivity contribution in [2.45, 2.75) is 25.8 Å². The van der Waals surface area contributed by atoms with Gasteiger partial charge in [0.05, 0.1) is 12.5 Å². The van der Waals surface area contributed by atoms with E-state index in [9.17, 15) is 14.4 Å². The minimum atomic E-state index is -1.04. The Morgan fingerprint density at radius 2 is 1.80 bits per heavy atom. The first-order valence-electron chi connectivity index (χ1n) is 6.31. The molecule has 0 radical (unpaired) electrons. The highest BCUT2D eigenvalue weighted by Crippen LogP contribution is 2.12. The van der Waals surface area contributed by atoms with Crippen molar-refractivity contribution in [2.75, 3.05) is 12.4 Å². The van der Waals surface area contributed by atoms with Crippen molar-refractivity contribution in [2.24, 2.45) is 0 Å². The van der Waals surface area contributed by atoms with Gasteiger partial charge in [-0.05, 0) is 31.3 Å². The third kappa shape index (κ3) is 4.47.